The second kappa shape index (κ2) is 5.40. The van der Waals surface area contributed by atoms with Crippen molar-refractivity contribution in [3.05, 3.63) is 24.0 Å². The molecule has 1 atom stereocenters. The third-order valence-corrected chi connectivity index (χ3v) is 3.69. The standard InChI is InChI=1S/C12H15FN2OS/c1-8-6-14-12(17-7-8)15-9-3-4-11(16-2)10(13)5-9/h3-5,8H,6-7H2,1-2H3,(H,14,15). The third kappa shape index (κ3) is 3.12. The van der Waals surface area contributed by atoms with Gasteiger partial charge in [0, 0.05) is 24.1 Å². The highest BCUT2D eigenvalue weighted by Gasteiger charge is 2.12. The molecule has 0 spiro atoms. The molecule has 0 aliphatic carbocycles. The number of amidine groups is 1. The highest BCUT2D eigenvalue weighted by molar-refractivity contribution is 8.14. The van der Waals surface area contributed by atoms with Crippen LogP contribution >= 0.6 is 11.8 Å². The van der Waals surface area contributed by atoms with Crippen molar-refractivity contribution in [1.29, 1.82) is 0 Å². The fourth-order valence-corrected chi connectivity index (χ4v) is 2.41. The topological polar surface area (TPSA) is 33.6 Å². The second-order valence-corrected chi connectivity index (χ2v) is 5.05. The summed E-state index contributed by atoms with van der Waals surface area (Å²) in [6, 6.07) is 4.80. The highest BCUT2D eigenvalue weighted by Crippen LogP contribution is 2.23. The molecule has 0 fully saturated rings. The maximum absolute atomic E-state index is 13.5. The van der Waals surface area contributed by atoms with E-state index < -0.39 is 0 Å². The summed E-state index contributed by atoms with van der Waals surface area (Å²) in [4.78, 5) is 4.39. The molecule has 92 valence electrons. The summed E-state index contributed by atoms with van der Waals surface area (Å²) in [6.45, 7) is 2.99. The van der Waals surface area contributed by atoms with Crippen molar-refractivity contribution in [2.45, 2.75) is 6.92 Å². The van der Waals surface area contributed by atoms with E-state index >= 15 is 0 Å². The van der Waals surface area contributed by atoms with Gasteiger partial charge < -0.3 is 10.1 Å². The maximum Gasteiger partial charge on any atom is 0.167 e. The smallest absolute Gasteiger partial charge is 0.167 e. The molecule has 0 bridgehead atoms. The van der Waals surface area contributed by atoms with E-state index in [9.17, 15) is 4.39 Å². The lowest BCUT2D eigenvalue weighted by Gasteiger charge is -2.18. The third-order valence-electron chi connectivity index (χ3n) is 2.45. The molecule has 1 aliphatic rings. The lowest BCUT2D eigenvalue weighted by Crippen LogP contribution is -2.18. The van der Waals surface area contributed by atoms with Gasteiger partial charge in [0.05, 0.1) is 7.11 Å². The van der Waals surface area contributed by atoms with E-state index in [1.165, 1.54) is 13.2 Å². The summed E-state index contributed by atoms with van der Waals surface area (Å²) in [5.74, 6) is 1.54. The quantitative estimate of drug-likeness (QED) is 0.881. The number of ether oxygens (including phenoxy) is 1. The molecular formula is C12H15FN2OS. The Morgan fingerprint density at radius 3 is 2.94 bits per heavy atom. The molecule has 1 unspecified atom stereocenters. The Labute approximate surface area is 104 Å². The molecule has 0 amide bonds. The van der Waals surface area contributed by atoms with Crippen LogP contribution in [0.25, 0.3) is 0 Å². The van der Waals surface area contributed by atoms with Gasteiger partial charge in [-0.1, -0.05) is 18.7 Å². The first-order valence-electron chi connectivity index (χ1n) is 5.47. The Kier molecular flexibility index (Phi) is 3.89. The van der Waals surface area contributed by atoms with Crippen molar-refractivity contribution in [3.63, 3.8) is 0 Å². The summed E-state index contributed by atoms with van der Waals surface area (Å²) >= 11 is 1.67. The molecule has 3 nitrogen and oxygen atoms in total. The van der Waals surface area contributed by atoms with Crippen LogP contribution in [0.15, 0.2) is 23.2 Å². The van der Waals surface area contributed by atoms with E-state index in [0.717, 1.165) is 17.5 Å². The molecule has 0 radical (unpaired) electrons. The Morgan fingerprint density at radius 2 is 2.35 bits per heavy atom. The van der Waals surface area contributed by atoms with Gasteiger partial charge in [-0.05, 0) is 18.1 Å². The van der Waals surface area contributed by atoms with E-state index in [4.69, 9.17) is 4.74 Å². The maximum atomic E-state index is 13.5. The molecule has 0 saturated carbocycles. The summed E-state index contributed by atoms with van der Waals surface area (Å²) in [5, 5.41) is 3.97. The minimum atomic E-state index is -0.368. The number of anilines is 1. The van der Waals surface area contributed by atoms with Gasteiger partial charge in [-0.15, -0.1) is 0 Å². The fourth-order valence-electron chi connectivity index (χ4n) is 1.50. The number of nitrogens with one attached hydrogen (secondary N) is 1. The highest BCUT2D eigenvalue weighted by atomic mass is 32.2. The normalized spacial score (nSPS) is 19.7. The van der Waals surface area contributed by atoms with Gasteiger partial charge in [0.15, 0.2) is 16.7 Å². The number of rotatable bonds is 2. The van der Waals surface area contributed by atoms with Gasteiger partial charge in [-0.25, -0.2) is 4.39 Å². The van der Waals surface area contributed by atoms with Crippen molar-refractivity contribution in [3.8, 4) is 5.75 Å². The summed E-state index contributed by atoms with van der Waals surface area (Å²) < 4.78 is 18.3. The molecule has 1 aliphatic heterocycles. The van der Waals surface area contributed by atoms with Crippen LogP contribution in [0.5, 0.6) is 5.75 Å². The van der Waals surface area contributed by atoms with Crippen molar-refractivity contribution >= 4 is 22.6 Å². The number of thioether (sulfide) groups is 1. The van der Waals surface area contributed by atoms with Crippen LogP contribution in [0.3, 0.4) is 0 Å². The average molecular weight is 254 g/mol. The van der Waals surface area contributed by atoms with Crippen LogP contribution in [-0.2, 0) is 0 Å². The van der Waals surface area contributed by atoms with Crippen LogP contribution in [-0.4, -0.2) is 24.6 Å². The van der Waals surface area contributed by atoms with E-state index in [1.54, 1.807) is 23.9 Å². The summed E-state index contributed by atoms with van der Waals surface area (Å²) in [5.41, 5.74) is 0.698. The molecule has 0 aromatic heterocycles. The monoisotopic (exact) mass is 254 g/mol. The zero-order chi connectivity index (χ0) is 12.3. The Balaban J connectivity index is 2.06. The zero-order valence-electron chi connectivity index (χ0n) is 9.87. The summed E-state index contributed by atoms with van der Waals surface area (Å²) in [6.07, 6.45) is 0. The second-order valence-electron chi connectivity index (χ2n) is 4.04. The van der Waals surface area contributed by atoms with Crippen LogP contribution in [0.2, 0.25) is 0 Å². The van der Waals surface area contributed by atoms with Gasteiger partial charge in [0.2, 0.25) is 0 Å². The molecule has 2 rings (SSSR count). The van der Waals surface area contributed by atoms with E-state index in [-0.39, 0.29) is 11.6 Å². The molecule has 1 heterocycles. The van der Waals surface area contributed by atoms with Crippen LogP contribution < -0.4 is 10.1 Å². The number of aliphatic imine (C=N–C) groups is 1. The van der Waals surface area contributed by atoms with Crippen molar-refractivity contribution in [1.82, 2.24) is 0 Å². The van der Waals surface area contributed by atoms with E-state index in [2.05, 4.69) is 17.2 Å². The summed E-state index contributed by atoms with van der Waals surface area (Å²) in [7, 11) is 1.45. The number of benzene rings is 1. The van der Waals surface area contributed by atoms with Crippen molar-refractivity contribution in [2.75, 3.05) is 24.7 Å². The molecular weight excluding hydrogens is 239 g/mol. The molecule has 1 N–H and O–H groups in total. The minimum Gasteiger partial charge on any atom is -0.494 e. The molecule has 17 heavy (non-hydrogen) atoms. The van der Waals surface area contributed by atoms with E-state index in [1.807, 2.05) is 0 Å². The average Bonchev–Trinajstić information content (AvgIpc) is 2.32. The van der Waals surface area contributed by atoms with Crippen molar-refractivity contribution in [2.24, 2.45) is 10.9 Å². The largest absolute Gasteiger partial charge is 0.494 e. The van der Waals surface area contributed by atoms with Gasteiger partial charge in [-0.3, -0.25) is 4.99 Å². The first kappa shape index (κ1) is 12.2. The minimum absolute atomic E-state index is 0.252. The zero-order valence-corrected chi connectivity index (χ0v) is 10.7. The molecule has 5 heteroatoms. The van der Waals surface area contributed by atoms with E-state index in [0.29, 0.717) is 11.6 Å². The Hall–Kier alpha value is -1.23. The lowest BCUT2D eigenvalue weighted by molar-refractivity contribution is 0.387. The van der Waals surface area contributed by atoms with Crippen molar-refractivity contribution < 1.29 is 9.13 Å². The molecule has 0 saturated heterocycles. The predicted octanol–water partition coefficient (Wildman–Crippen LogP) is 2.99. The van der Waals surface area contributed by atoms with Crippen LogP contribution in [0.1, 0.15) is 6.92 Å². The van der Waals surface area contributed by atoms with Gasteiger partial charge in [-0.2, -0.15) is 0 Å². The number of nitrogens with zero attached hydrogens (tertiary/aromatic N) is 1. The first-order chi connectivity index (χ1) is 8.19. The first-order valence-corrected chi connectivity index (χ1v) is 6.45. The fraction of sp³-hybridized carbons (Fsp3) is 0.417. The predicted molar refractivity (Wildman–Crippen MR) is 70.5 cm³/mol. The van der Waals surface area contributed by atoms with Gasteiger partial charge in [0.1, 0.15) is 0 Å². The SMILES string of the molecule is COc1ccc(NC2=NCC(C)CS2)cc1F. The van der Waals surface area contributed by atoms with Gasteiger partial charge in [0.25, 0.3) is 0 Å². The van der Waals surface area contributed by atoms with Gasteiger partial charge >= 0.3 is 0 Å². The Morgan fingerprint density at radius 1 is 1.53 bits per heavy atom. The number of halogens is 1. The number of hydrogen-bond acceptors (Lipinski definition) is 4. The lowest BCUT2D eigenvalue weighted by atomic mass is 10.2. The molecule has 1 aromatic carbocycles. The molecule has 1 aromatic rings. The van der Waals surface area contributed by atoms with Crippen LogP contribution in [0, 0.1) is 11.7 Å². The Bertz CT molecular complexity index is 437. The van der Waals surface area contributed by atoms with Crippen LogP contribution in [0.4, 0.5) is 10.1 Å². The number of methoxy groups -OCH3 is 1. The number of hydrogen-bond donors (Lipinski definition) is 1.